The molecule has 2 rings (SSSR count). The quantitative estimate of drug-likeness (QED) is 0.746. The van der Waals surface area contributed by atoms with Crippen LogP contribution in [0.25, 0.3) is 0 Å². The molecule has 0 aromatic carbocycles. The summed E-state index contributed by atoms with van der Waals surface area (Å²) in [4.78, 5) is 0. The van der Waals surface area contributed by atoms with E-state index < -0.39 is 0 Å². The third kappa shape index (κ3) is 2.09. The fraction of sp³-hybridized carbons (Fsp3) is 0.667. The van der Waals surface area contributed by atoms with Crippen LogP contribution in [0.15, 0.2) is 12.7 Å². The van der Waals surface area contributed by atoms with Crippen LogP contribution in [0.1, 0.15) is 18.9 Å². The van der Waals surface area contributed by atoms with Crippen molar-refractivity contribution in [2.75, 3.05) is 0 Å². The van der Waals surface area contributed by atoms with Gasteiger partial charge in [0.15, 0.2) is 0 Å². The first-order valence-corrected chi connectivity index (χ1v) is 3.46. The van der Waals surface area contributed by atoms with E-state index in [-0.39, 0.29) is 24.8 Å². The van der Waals surface area contributed by atoms with Gasteiger partial charge in [-0.25, -0.2) is 0 Å². The number of rotatable bonds is 1. The van der Waals surface area contributed by atoms with Crippen LogP contribution >= 0.6 is 24.8 Å². The van der Waals surface area contributed by atoms with Crippen LogP contribution in [-0.2, 0) is 0 Å². The molecule has 1 heterocycles. The molecule has 0 aliphatic heterocycles. The van der Waals surface area contributed by atoms with Gasteiger partial charge in [0.05, 0.1) is 0 Å². The molecular formula is C6H12Cl2N4. The van der Waals surface area contributed by atoms with Crippen molar-refractivity contribution in [3.8, 4) is 0 Å². The second-order valence-electron chi connectivity index (χ2n) is 2.79. The maximum absolute atomic E-state index is 5.62. The number of nitrogens with zero attached hydrogens (tertiary/aromatic N) is 3. The maximum atomic E-state index is 5.62. The van der Waals surface area contributed by atoms with Gasteiger partial charge in [0, 0.05) is 12.1 Å². The third-order valence-electron chi connectivity index (χ3n) is 2.01. The lowest BCUT2D eigenvalue weighted by molar-refractivity contribution is 0.266. The number of halogens is 2. The Hall–Kier alpha value is -0.320. The van der Waals surface area contributed by atoms with Gasteiger partial charge in [0.25, 0.3) is 0 Å². The first kappa shape index (κ1) is 11.7. The SMILES string of the molecule is Cl.Cl.NC1CC(n2cnnc2)C1. The Bertz CT molecular complexity index is 207. The summed E-state index contributed by atoms with van der Waals surface area (Å²) in [6, 6.07) is 0.956. The summed E-state index contributed by atoms with van der Waals surface area (Å²) in [6.07, 6.45) is 5.63. The molecule has 1 fully saturated rings. The fourth-order valence-corrected chi connectivity index (χ4v) is 1.27. The van der Waals surface area contributed by atoms with Crippen LogP contribution in [0.5, 0.6) is 0 Å². The van der Waals surface area contributed by atoms with Crippen LogP contribution < -0.4 is 5.73 Å². The van der Waals surface area contributed by atoms with Gasteiger partial charge in [-0.3, -0.25) is 0 Å². The molecule has 0 amide bonds. The normalized spacial score (nSPS) is 26.4. The largest absolute Gasteiger partial charge is 0.328 e. The average Bonchev–Trinajstić information content (AvgIpc) is 2.31. The van der Waals surface area contributed by atoms with E-state index in [0.717, 1.165) is 12.8 Å². The van der Waals surface area contributed by atoms with Gasteiger partial charge in [0.2, 0.25) is 0 Å². The minimum Gasteiger partial charge on any atom is -0.328 e. The predicted molar refractivity (Wildman–Crippen MR) is 50.8 cm³/mol. The first-order valence-electron chi connectivity index (χ1n) is 3.46. The molecule has 0 atom stereocenters. The third-order valence-corrected chi connectivity index (χ3v) is 2.01. The van der Waals surface area contributed by atoms with Crippen molar-refractivity contribution < 1.29 is 0 Å². The van der Waals surface area contributed by atoms with E-state index in [1.165, 1.54) is 0 Å². The first-order chi connectivity index (χ1) is 4.86. The summed E-state index contributed by atoms with van der Waals surface area (Å²) in [5.74, 6) is 0. The van der Waals surface area contributed by atoms with Crippen molar-refractivity contribution in [2.45, 2.75) is 24.9 Å². The molecule has 6 heteroatoms. The lowest BCUT2D eigenvalue weighted by Crippen LogP contribution is -2.37. The predicted octanol–water partition coefficient (Wildman–Crippen LogP) is 0.784. The Morgan fingerprint density at radius 2 is 1.67 bits per heavy atom. The molecule has 0 saturated heterocycles. The zero-order valence-electron chi connectivity index (χ0n) is 6.46. The summed E-state index contributed by atoms with van der Waals surface area (Å²) >= 11 is 0. The van der Waals surface area contributed by atoms with E-state index in [9.17, 15) is 0 Å². The molecule has 0 unspecified atom stereocenters. The molecule has 2 N–H and O–H groups in total. The molecule has 1 saturated carbocycles. The van der Waals surface area contributed by atoms with Crippen LogP contribution in [0.2, 0.25) is 0 Å². The van der Waals surface area contributed by atoms with Crippen molar-refractivity contribution in [3.05, 3.63) is 12.7 Å². The Balaban J connectivity index is 0.000000605. The second kappa shape index (κ2) is 4.64. The highest BCUT2D eigenvalue weighted by molar-refractivity contribution is 5.85. The molecule has 1 aromatic rings. The summed E-state index contributed by atoms with van der Waals surface area (Å²) < 4.78 is 2.02. The molecule has 0 spiro atoms. The molecule has 1 aliphatic carbocycles. The Labute approximate surface area is 83.4 Å². The van der Waals surface area contributed by atoms with Crippen molar-refractivity contribution in [1.82, 2.24) is 14.8 Å². The Kier molecular flexibility index (Phi) is 4.52. The molecule has 1 aromatic heterocycles. The maximum Gasteiger partial charge on any atom is 0.119 e. The Morgan fingerprint density at radius 1 is 1.17 bits per heavy atom. The standard InChI is InChI=1S/C6H10N4.2ClH/c7-5-1-6(2-5)10-3-8-9-4-10;;/h3-6H,1-2,7H2;2*1H. The van der Waals surface area contributed by atoms with Crippen molar-refractivity contribution in [2.24, 2.45) is 5.73 Å². The van der Waals surface area contributed by atoms with E-state index >= 15 is 0 Å². The highest BCUT2D eigenvalue weighted by atomic mass is 35.5. The fourth-order valence-electron chi connectivity index (χ4n) is 1.27. The molecule has 4 nitrogen and oxygen atoms in total. The van der Waals surface area contributed by atoms with Crippen molar-refractivity contribution in [1.29, 1.82) is 0 Å². The van der Waals surface area contributed by atoms with Gasteiger partial charge >= 0.3 is 0 Å². The molecule has 70 valence electrons. The number of nitrogens with two attached hydrogens (primary N) is 1. The van der Waals surface area contributed by atoms with Crippen LogP contribution in [0.3, 0.4) is 0 Å². The van der Waals surface area contributed by atoms with Crippen LogP contribution in [-0.4, -0.2) is 20.8 Å². The summed E-state index contributed by atoms with van der Waals surface area (Å²) in [5.41, 5.74) is 5.62. The van der Waals surface area contributed by atoms with Crippen LogP contribution in [0, 0.1) is 0 Å². The molecule has 0 radical (unpaired) electrons. The van der Waals surface area contributed by atoms with Gasteiger partial charge in [-0.2, -0.15) is 0 Å². The van der Waals surface area contributed by atoms with Gasteiger partial charge in [0.1, 0.15) is 12.7 Å². The van der Waals surface area contributed by atoms with Gasteiger partial charge in [-0.1, -0.05) is 0 Å². The van der Waals surface area contributed by atoms with Crippen LogP contribution in [0.4, 0.5) is 0 Å². The second-order valence-corrected chi connectivity index (χ2v) is 2.79. The minimum absolute atomic E-state index is 0. The monoisotopic (exact) mass is 210 g/mol. The van der Waals surface area contributed by atoms with Crippen molar-refractivity contribution in [3.63, 3.8) is 0 Å². The van der Waals surface area contributed by atoms with E-state index in [4.69, 9.17) is 5.73 Å². The smallest absolute Gasteiger partial charge is 0.119 e. The Morgan fingerprint density at radius 3 is 2.08 bits per heavy atom. The van der Waals surface area contributed by atoms with E-state index in [1.807, 2.05) is 4.57 Å². The summed E-state index contributed by atoms with van der Waals surface area (Å²) in [5, 5.41) is 7.44. The number of hydrogen-bond acceptors (Lipinski definition) is 3. The zero-order chi connectivity index (χ0) is 6.97. The molecule has 12 heavy (non-hydrogen) atoms. The minimum atomic E-state index is 0. The van der Waals surface area contributed by atoms with E-state index in [2.05, 4.69) is 10.2 Å². The molecule has 0 bridgehead atoms. The highest BCUT2D eigenvalue weighted by Crippen LogP contribution is 2.29. The van der Waals surface area contributed by atoms with Gasteiger partial charge < -0.3 is 10.3 Å². The van der Waals surface area contributed by atoms with Gasteiger partial charge in [-0.15, -0.1) is 35.0 Å². The topological polar surface area (TPSA) is 56.7 Å². The molecular weight excluding hydrogens is 199 g/mol. The summed E-state index contributed by atoms with van der Waals surface area (Å²) in [7, 11) is 0. The van der Waals surface area contributed by atoms with E-state index in [0.29, 0.717) is 12.1 Å². The average molecular weight is 211 g/mol. The lowest BCUT2D eigenvalue weighted by Gasteiger charge is -2.32. The van der Waals surface area contributed by atoms with Crippen molar-refractivity contribution >= 4 is 24.8 Å². The number of hydrogen-bond donors (Lipinski definition) is 1. The molecule has 1 aliphatic rings. The number of aromatic nitrogens is 3. The van der Waals surface area contributed by atoms with E-state index in [1.54, 1.807) is 12.7 Å². The zero-order valence-corrected chi connectivity index (χ0v) is 8.09. The summed E-state index contributed by atoms with van der Waals surface area (Å²) in [6.45, 7) is 0. The van der Waals surface area contributed by atoms with Gasteiger partial charge in [-0.05, 0) is 12.8 Å². The highest BCUT2D eigenvalue weighted by Gasteiger charge is 2.26. The lowest BCUT2D eigenvalue weighted by atomic mass is 9.88.